The summed E-state index contributed by atoms with van der Waals surface area (Å²) in [5, 5.41) is 13.5. The summed E-state index contributed by atoms with van der Waals surface area (Å²) >= 11 is 15.5. The maximum atomic E-state index is 10.2. The third-order valence-electron chi connectivity index (χ3n) is 0.837. The Labute approximate surface area is 82.3 Å². The number of carbonyl (C=O) groups is 2. The fraction of sp³-hybridized carbons (Fsp3) is 0.200. The molecule has 0 heterocycles. The molecule has 0 aromatic rings. The molecule has 1 unspecified atom stereocenters. The monoisotopic (exact) mass is 232 g/mol. The summed E-state index contributed by atoms with van der Waals surface area (Å²) in [4.78, 5) is 20.3. The molecule has 0 spiro atoms. The topological polar surface area (TPSA) is 74.6 Å². The van der Waals surface area contributed by atoms with Gasteiger partial charge in [-0.05, 0) is 0 Å². The van der Waals surface area contributed by atoms with Gasteiger partial charge in [0.05, 0.1) is 5.03 Å². The number of aliphatic carboxylic acids is 2. The van der Waals surface area contributed by atoms with Crippen molar-refractivity contribution in [2.75, 3.05) is 0 Å². The minimum atomic E-state index is -1.63. The summed E-state index contributed by atoms with van der Waals surface area (Å²) in [7, 11) is 0. The quantitative estimate of drug-likeness (QED) is 0.571. The molecule has 0 aromatic carbocycles. The van der Waals surface area contributed by atoms with Crippen LogP contribution in [0.15, 0.2) is 10.1 Å². The SMILES string of the molecule is O=C(O)/C(Cl)=C(\Cl)C(Cl)C(=O)O. The molecule has 7 heteroatoms. The summed E-state index contributed by atoms with van der Waals surface area (Å²) in [6.07, 6.45) is 0. The lowest BCUT2D eigenvalue weighted by molar-refractivity contribution is -0.135. The Balaban J connectivity index is 4.78. The fourth-order valence-corrected chi connectivity index (χ4v) is 0.770. The molecule has 0 aliphatic carbocycles. The number of hydrogen-bond acceptors (Lipinski definition) is 2. The second kappa shape index (κ2) is 4.54. The molecule has 0 saturated heterocycles. The fourth-order valence-electron chi connectivity index (χ4n) is 0.322. The molecule has 0 radical (unpaired) electrons. The lowest BCUT2D eigenvalue weighted by Gasteiger charge is -2.02. The molecular weight excluding hydrogens is 230 g/mol. The lowest BCUT2D eigenvalue weighted by atomic mass is 10.3. The second-order valence-electron chi connectivity index (χ2n) is 1.67. The Bertz CT molecular complexity index is 247. The van der Waals surface area contributed by atoms with Crippen LogP contribution >= 0.6 is 34.8 Å². The van der Waals surface area contributed by atoms with Crippen LogP contribution in [0, 0.1) is 0 Å². The van der Waals surface area contributed by atoms with Gasteiger partial charge < -0.3 is 10.2 Å². The van der Waals surface area contributed by atoms with E-state index >= 15 is 0 Å². The van der Waals surface area contributed by atoms with E-state index in [-0.39, 0.29) is 0 Å². The highest BCUT2D eigenvalue weighted by Gasteiger charge is 2.23. The van der Waals surface area contributed by atoms with E-state index in [4.69, 9.17) is 45.0 Å². The smallest absolute Gasteiger partial charge is 0.348 e. The van der Waals surface area contributed by atoms with Crippen molar-refractivity contribution in [2.24, 2.45) is 0 Å². The van der Waals surface area contributed by atoms with Gasteiger partial charge in [-0.1, -0.05) is 23.2 Å². The standard InChI is InChI=1S/C5H3Cl3O4/c6-1(2(7)4(9)10)3(8)5(11)12/h2H,(H,9,10)(H,11,12)/b3-1+. The van der Waals surface area contributed by atoms with E-state index in [1.54, 1.807) is 0 Å². The van der Waals surface area contributed by atoms with Crippen molar-refractivity contribution in [3.05, 3.63) is 10.1 Å². The van der Waals surface area contributed by atoms with Gasteiger partial charge in [-0.2, -0.15) is 0 Å². The van der Waals surface area contributed by atoms with E-state index in [2.05, 4.69) is 0 Å². The zero-order valence-corrected chi connectivity index (χ0v) is 7.69. The summed E-state index contributed by atoms with van der Waals surface area (Å²) in [5.74, 6) is -2.98. The molecule has 0 aliphatic rings. The molecular formula is C5H3Cl3O4. The maximum absolute atomic E-state index is 10.2. The first-order valence-corrected chi connectivity index (χ1v) is 3.72. The van der Waals surface area contributed by atoms with Gasteiger partial charge in [-0.3, -0.25) is 4.79 Å². The second-order valence-corrected chi connectivity index (χ2v) is 2.89. The molecule has 0 aromatic heterocycles. The first-order valence-electron chi connectivity index (χ1n) is 2.53. The summed E-state index contributed by atoms with van der Waals surface area (Å²) in [5.41, 5.74) is 0. The van der Waals surface area contributed by atoms with E-state index in [1.807, 2.05) is 0 Å². The van der Waals surface area contributed by atoms with Crippen molar-refractivity contribution < 1.29 is 19.8 Å². The van der Waals surface area contributed by atoms with Gasteiger partial charge in [0.25, 0.3) is 0 Å². The molecule has 0 aliphatic heterocycles. The van der Waals surface area contributed by atoms with Crippen LogP contribution in [0.25, 0.3) is 0 Å². The average molecular weight is 233 g/mol. The average Bonchev–Trinajstić information content (AvgIpc) is 2.00. The van der Waals surface area contributed by atoms with Crippen LogP contribution in [0.4, 0.5) is 0 Å². The van der Waals surface area contributed by atoms with Crippen LogP contribution in [0.1, 0.15) is 0 Å². The number of halogens is 3. The van der Waals surface area contributed by atoms with E-state index in [0.29, 0.717) is 0 Å². The van der Waals surface area contributed by atoms with Crippen LogP contribution in [0.2, 0.25) is 0 Å². The van der Waals surface area contributed by atoms with Crippen LogP contribution in [-0.4, -0.2) is 27.5 Å². The van der Waals surface area contributed by atoms with Crippen LogP contribution in [0.3, 0.4) is 0 Å². The van der Waals surface area contributed by atoms with Crippen LogP contribution in [-0.2, 0) is 9.59 Å². The molecule has 0 bridgehead atoms. The zero-order valence-electron chi connectivity index (χ0n) is 5.42. The largest absolute Gasteiger partial charge is 0.480 e. The number of carboxylic acids is 2. The number of hydrogen-bond donors (Lipinski definition) is 2. The van der Waals surface area contributed by atoms with Crippen molar-refractivity contribution >= 4 is 46.7 Å². The van der Waals surface area contributed by atoms with Crippen molar-refractivity contribution in [2.45, 2.75) is 5.38 Å². The van der Waals surface area contributed by atoms with Crippen molar-refractivity contribution in [1.29, 1.82) is 0 Å². The van der Waals surface area contributed by atoms with Gasteiger partial charge in [0.2, 0.25) is 0 Å². The van der Waals surface area contributed by atoms with Crippen molar-refractivity contribution in [3.8, 4) is 0 Å². The van der Waals surface area contributed by atoms with E-state index in [1.165, 1.54) is 0 Å². The third-order valence-corrected chi connectivity index (χ3v) is 2.22. The van der Waals surface area contributed by atoms with Gasteiger partial charge in [-0.15, -0.1) is 11.6 Å². The highest BCUT2D eigenvalue weighted by molar-refractivity contribution is 6.51. The van der Waals surface area contributed by atoms with E-state index < -0.39 is 27.4 Å². The molecule has 68 valence electrons. The molecule has 0 rings (SSSR count). The van der Waals surface area contributed by atoms with Gasteiger partial charge in [0.15, 0.2) is 5.38 Å². The first kappa shape index (κ1) is 11.6. The highest BCUT2D eigenvalue weighted by atomic mass is 35.5. The molecule has 0 saturated carbocycles. The Morgan fingerprint density at radius 1 is 1.17 bits per heavy atom. The number of rotatable bonds is 3. The van der Waals surface area contributed by atoms with Gasteiger partial charge >= 0.3 is 11.9 Å². The molecule has 2 N–H and O–H groups in total. The number of alkyl halides is 1. The van der Waals surface area contributed by atoms with Crippen molar-refractivity contribution in [1.82, 2.24) is 0 Å². The van der Waals surface area contributed by atoms with Gasteiger partial charge in [0.1, 0.15) is 5.03 Å². The Morgan fingerprint density at radius 2 is 1.58 bits per heavy atom. The summed E-state index contributed by atoms with van der Waals surface area (Å²) in [6, 6.07) is 0. The maximum Gasteiger partial charge on any atom is 0.348 e. The van der Waals surface area contributed by atoms with E-state index in [9.17, 15) is 9.59 Å². The zero-order chi connectivity index (χ0) is 9.89. The Morgan fingerprint density at radius 3 is 1.83 bits per heavy atom. The molecule has 1 atom stereocenters. The van der Waals surface area contributed by atoms with Crippen LogP contribution < -0.4 is 0 Å². The van der Waals surface area contributed by atoms with E-state index in [0.717, 1.165) is 0 Å². The minimum Gasteiger partial charge on any atom is -0.480 e. The Hall–Kier alpha value is -0.450. The summed E-state index contributed by atoms with van der Waals surface area (Å²) < 4.78 is 0. The molecule has 4 nitrogen and oxygen atoms in total. The van der Waals surface area contributed by atoms with Gasteiger partial charge in [-0.25, -0.2) is 4.79 Å². The predicted octanol–water partition coefficient (Wildman–Crippen LogP) is 1.45. The molecule has 12 heavy (non-hydrogen) atoms. The van der Waals surface area contributed by atoms with Crippen molar-refractivity contribution in [3.63, 3.8) is 0 Å². The normalized spacial score (nSPS) is 14.9. The minimum absolute atomic E-state index is 0.613. The third kappa shape index (κ3) is 2.89. The summed E-state index contributed by atoms with van der Waals surface area (Å²) in [6.45, 7) is 0. The molecule has 0 amide bonds. The Kier molecular flexibility index (Phi) is 4.37. The number of carboxylic acid groups (broad SMARTS) is 2. The van der Waals surface area contributed by atoms with Gasteiger partial charge in [0, 0.05) is 0 Å². The predicted molar refractivity (Wildman–Crippen MR) is 43.6 cm³/mol. The van der Waals surface area contributed by atoms with Crippen LogP contribution in [0.5, 0.6) is 0 Å². The highest BCUT2D eigenvalue weighted by Crippen LogP contribution is 2.22. The molecule has 0 fully saturated rings. The first-order chi connectivity index (χ1) is 5.37. The lowest BCUT2D eigenvalue weighted by Crippen LogP contribution is -2.15.